The number of benzene rings is 1. The Morgan fingerprint density at radius 1 is 1.48 bits per heavy atom. The predicted molar refractivity (Wildman–Crippen MR) is 81.1 cm³/mol. The molecule has 1 atom stereocenters. The third-order valence-corrected chi connectivity index (χ3v) is 3.94. The zero-order chi connectivity index (χ0) is 16.6. The van der Waals surface area contributed by atoms with Gasteiger partial charge in [0.25, 0.3) is 5.69 Å². The van der Waals surface area contributed by atoms with E-state index in [-0.39, 0.29) is 11.3 Å². The highest BCUT2D eigenvalue weighted by atomic mass is 16.6. The number of hydrogen-bond donors (Lipinski definition) is 1. The van der Waals surface area contributed by atoms with E-state index in [9.17, 15) is 25.3 Å². The highest BCUT2D eigenvalue weighted by Crippen LogP contribution is 2.30. The zero-order valence-electron chi connectivity index (χ0n) is 12.0. The minimum Gasteiger partial charge on any atom is -0.480 e. The van der Waals surface area contributed by atoms with Crippen molar-refractivity contribution in [2.45, 2.75) is 18.9 Å². The fraction of sp³-hybridized carbons (Fsp3) is 0.267. The van der Waals surface area contributed by atoms with E-state index in [1.807, 2.05) is 6.07 Å². The summed E-state index contributed by atoms with van der Waals surface area (Å²) in [4.78, 5) is 27.7. The summed E-state index contributed by atoms with van der Waals surface area (Å²) in [6.45, 7) is 0.549. The number of nitrogens with zero attached hydrogens (tertiary/aromatic N) is 4. The van der Waals surface area contributed by atoms with Crippen molar-refractivity contribution in [3.05, 3.63) is 39.9 Å². The Morgan fingerprint density at radius 2 is 2.26 bits per heavy atom. The van der Waals surface area contributed by atoms with Crippen LogP contribution in [-0.2, 0) is 4.79 Å². The number of carbonyl (C=O) groups is 1. The number of aliphatic carboxylic acids is 1. The summed E-state index contributed by atoms with van der Waals surface area (Å²) in [7, 11) is 0. The van der Waals surface area contributed by atoms with Gasteiger partial charge in [-0.2, -0.15) is 5.26 Å². The molecule has 0 radical (unpaired) electrons. The molecule has 0 bridgehead atoms. The van der Waals surface area contributed by atoms with Crippen molar-refractivity contribution in [1.82, 2.24) is 4.98 Å². The van der Waals surface area contributed by atoms with Crippen molar-refractivity contribution in [1.29, 1.82) is 5.26 Å². The van der Waals surface area contributed by atoms with Gasteiger partial charge in [-0.3, -0.25) is 10.1 Å². The molecular formula is C15H12N4O4. The number of anilines is 1. The molecule has 8 nitrogen and oxygen atoms in total. The zero-order valence-corrected chi connectivity index (χ0v) is 12.0. The SMILES string of the molecule is N#Cc1cc(N2CCC[C@H]2C(=O)O)nc2ccc([N+](=O)[O-])cc12. The van der Waals surface area contributed by atoms with Crippen molar-refractivity contribution >= 4 is 28.4 Å². The number of carboxylic acids is 1. The van der Waals surface area contributed by atoms with Gasteiger partial charge < -0.3 is 10.0 Å². The van der Waals surface area contributed by atoms with Gasteiger partial charge in [0.05, 0.1) is 22.1 Å². The van der Waals surface area contributed by atoms with Crippen molar-refractivity contribution in [3.63, 3.8) is 0 Å². The van der Waals surface area contributed by atoms with E-state index in [1.54, 1.807) is 4.90 Å². The van der Waals surface area contributed by atoms with Gasteiger partial charge in [-0.05, 0) is 25.0 Å². The van der Waals surface area contributed by atoms with E-state index in [0.29, 0.717) is 29.7 Å². The fourth-order valence-electron chi connectivity index (χ4n) is 2.85. The summed E-state index contributed by atoms with van der Waals surface area (Å²) < 4.78 is 0. The van der Waals surface area contributed by atoms with Crippen LogP contribution in [0.2, 0.25) is 0 Å². The Balaban J connectivity index is 2.14. The molecule has 0 amide bonds. The van der Waals surface area contributed by atoms with E-state index in [0.717, 1.165) is 6.42 Å². The van der Waals surface area contributed by atoms with Crippen molar-refractivity contribution in [3.8, 4) is 6.07 Å². The lowest BCUT2D eigenvalue weighted by molar-refractivity contribution is -0.384. The second-order valence-corrected chi connectivity index (χ2v) is 5.29. The molecule has 0 aliphatic carbocycles. The standard InChI is InChI=1S/C15H12N4O4/c16-8-9-6-14(18-5-1-2-13(18)15(20)21)17-12-4-3-10(19(22)23)7-11(9)12/h3-4,6-7,13H,1-2,5H2,(H,20,21)/t13-/m0/s1. The Labute approximate surface area is 130 Å². The molecule has 116 valence electrons. The van der Waals surface area contributed by atoms with Crippen LogP contribution in [0.3, 0.4) is 0 Å². The summed E-state index contributed by atoms with van der Waals surface area (Å²) >= 11 is 0. The molecule has 0 saturated carbocycles. The van der Waals surface area contributed by atoms with E-state index >= 15 is 0 Å². The molecule has 1 aliphatic heterocycles. The number of pyridine rings is 1. The van der Waals surface area contributed by atoms with Gasteiger partial charge in [0.1, 0.15) is 11.9 Å². The molecule has 1 fully saturated rings. The number of nitro benzene ring substituents is 1. The Bertz CT molecular complexity index is 858. The van der Waals surface area contributed by atoms with E-state index < -0.39 is 16.9 Å². The molecule has 1 saturated heterocycles. The lowest BCUT2D eigenvalue weighted by Crippen LogP contribution is -2.36. The van der Waals surface area contributed by atoms with Gasteiger partial charge in [0.2, 0.25) is 0 Å². The van der Waals surface area contributed by atoms with Gasteiger partial charge in [-0.1, -0.05) is 0 Å². The normalized spacial score (nSPS) is 17.2. The minimum atomic E-state index is -0.924. The van der Waals surface area contributed by atoms with Crippen LogP contribution in [0.1, 0.15) is 18.4 Å². The first-order valence-electron chi connectivity index (χ1n) is 7.00. The van der Waals surface area contributed by atoms with Crippen LogP contribution in [0.25, 0.3) is 10.9 Å². The topological polar surface area (TPSA) is 120 Å². The van der Waals surface area contributed by atoms with Crippen LogP contribution in [-0.4, -0.2) is 33.6 Å². The molecule has 0 unspecified atom stereocenters. The molecule has 2 aromatic rings. The molecule has 1 aromatic carbocycles. The molecule has 8 heteroatoms. The molecule has 23 heavy (non-hydrogen) atoms. The van der Waals surface area contributed by atoms with Crippen LogP contribution in [0, 0.1) is 21.4 Å². The number of nitro groups is 1. The lowest BCUT2D eigenvalue weighted by atomic mass is 10.1. The van der Waals surface area contributed by atoms with Crippen LogP contribution >= 0.6 is 0 Å². The van der Waals surface area contributed by atoms with Crippen LogP contribution < -0.4 is 4.90 Å². The van der Waals surface area contributed by atoms with E-state index in [2.05, 4.69) is 4.98 Å². The summed E-state index contributed by atoms with van der Waals surface area (Å²) in [6.07, 6.45) is 1.26. The number of carboxylic acid groups (broad SMARTS) is 1. The summed E-state index contributed by atoms with van der Waals surface area (Å²) in [5.41, 5.74) is 0.554. The first-order chi connectivity index (χ1) is 11.0. The fourth-order valence-corrected chi connectivity index (χ4v) is 2.85. The molecule has 3 rings (SSSR count). The van der Waals surface area contributed by atoms with Gasteiger partial charge >= 0.3 is 5.97 Å². The maximum atomic E-state index is 11.3. The van der Waals surface area contributed by atoms with Gasteiger partial charge in [0, 0.05) is 24.1 Å². The number of fused-ring (bicyclic) bond motifs is 1. The third kappa shape index (κ3) is 2.53. The molecular weight excluding hydrogens is 300 g/mol. The van der Waals surface area contributed by atoms with Crippen molar-refractivity contribution in [2.75, 3.05) is 11.4 Å². The largest absolute Gasteiger partial charge is 0.480 e. The average molecular weight is 312 g/mol. The Hall–Kier alpha value is -3.21. The molecule has 1 N–H and O–H groups in total. The van der Waals surface area contributed by atoms with E-state index in [1.165, 1.54) is 24.3 Å². The number of aromatic nitrogens is 1. The molecule has 1 aliphatic rings. The van der Waals surface area contributed by atoms with Crippen LogP contribution in [0.4, 0.5) is 11.5 Å². The average Bonchev–Trinajstić information content (AvgIpc) is 3.03. The van der Waals surface area contributed by atoms with Crippen molar-refractivity contribution in [2.24, 2.45) is 0 Å². The highest BCUT2D eigenvalue weighted by Gasteiger charge is 2.31. The quantitative estimate of drug-likeness (QED) is 0.680. The minimum absolute atomic E-state index is 0.117. The maximum Gasteiger partial charge on any atom is 0.326 e. The van der Waals surface area contributed by atoms with Crippen LogP contribution in [0.5, 0.6) is 0 Å². The van der Waals surface area contributed by atoms with Gasteiger partial charge in [-0.25, -0.2) is 9.78 Å². The van der Waals surface area contributed by atoms with Gasteiger partial charge in [-0.15, -0.1) is 0 Å². The summed E-state index contributed by atoms with van der Waals surface area (Å²) in [6, 6.07) is 6.94. The Kier molecular flexibility index (Phi) is 3.54. The smallest absolute Gasteiger partial charge is 0.326 e. The van der Waals surface area contributed by atoms with Gasteiger partial charge in [0.15, 0.2) is 0 Å². The monoisotopic (exact) mass is 312 g/mol. The second-order valence-electron chi connectivity index (χ2n) is 5.29. The summed E-state index contributed by atoms with van der Waals surface area (Å²) in [5, 5.41) is 29.9. The summed E-state index contributed by atoms with van der Waals surface area (Å²) in [5.74, 6) is -0.514. The Morgan fingerprint density at radius 3 is 2.91 bits per heavy atom. The molecule has 1 aromatic heterocycles. The molecule has 0 spiro atoms. The number of non-ortho nitro benzene ring substituents is 1. The number of hydrogen-bond acceptors (Lipinski definition) is 6. The first kappa shape index (κ1) is 14.7. The number of nitriles is 1. The maximum absolute atomic E-state index is 11.3. The van der Waals surface area contributed by atoms with E-state index in [4.69, 9.17) is 0 Å². The highest BCUT2D eigenvalue weighted by molar-refractivity contribution is 5.89. The van der Waals surface area contributed by atoms with Crippen molar-refractivity contribution < 1.29 is 14.8 Å². The number of rotatable bonds is 3. The van der Waals surface area contributed by atoms with Crippen LogP contribution in [0.15, 0.2) is 24.3 Å². The lowest BCUT2D eigenvalue weighted by Gasteiger charge is -2.23. The molecule has 2 heterocycles. The first-order valence-corrected chi connectivity index (χ1v) is 7.00. The third-order valence-electron chi connectivity index (χ3n) is 3.94. The predicted octanol–water partition coefficient (Wildman–Crippen LogP) is 2.07. The second kappa shape index (κ2) is 5.53.